The van der Waals surface area contributed by atoms with Crippen LogP contribution < -0.4 is 25.6 Å². The van der Waals surface area contributed by atoms with Crippen LogP contribution in [0.2, 0.25) is 0 Å². The Labute approximate surface area is 245 Å². The maximum atomic E-state index is 14.2. The highest BCUT2D eigenvalue weighted by Crippen LogP contribution is 2.41. The van der Waals surface area contributed by atoms with Crippen LogP contribution in [0.5, 0.6) is 5.75 Å². The molecule has 9 nitrogen and oxygen atoms in total. The highest BCUT2D eigenvalue weighted by atomic mass is 19.4. The van der Waals surface area contributed by atoms with Gasteiger partial charge in [-0.2, -0.15) is 26.9 Å². The minimum atomic E-state index is -5.08. The van der Waals surface area contributed by atoms with E-state index in [9.17, 15) is 39.9 Å². The Bertz CT molecular complexity index is 1550. The van der Waals surface area contributed by atoms with Gasteiger partial charge in [0.05, 0.1) is 22.7 Å². The van der Waals surface area contributed by atoms with Crippen LogP contribution in [0.15, 0.2) is 43.1 Å². The van der Waals surface area contributed by atoms with Gasteiger partial charge in [-0.3, -0.25) is 4.79 Å². The predicted molar refractivity (Wildman–Crippen MR) is 146 cm³/mol. The van der Waals surface area contributed by atoms with Crippen molar-refractivity contribution < 1.29 is 44.7 Å². The summed E-state index contributed by atoms with van der Waals surface area (Å²) in [6.45, 7) is 1.04. The summed E-state index contributed by atoms with van der Waals surface area (Å²) >= 11 is 0. The molecule has 2 aromatic carbocycles. The van der Waals surface area contributed by atoms with Gasteiger partial charge in [-0.15, -0.1) is 0 Å². The number of likely N-dealkylation sites (N-methyl/N-ethyl adjacent to an activating group) is 1. The lowest BCUT2D eigenvalue weighted by atomic mass is 10.2. The lowest BCUT2D eigenvalue weighted by Crippen LogP contribution is -2.31. The third-order valence-electron chi connectivity index (χ3n) is 6.60. The molecule has 1 aliphatic heterocycles. The highest BCUT2D eigenvalue weighted by molar-refractivity contribution is 6.02. The quantitative estimate of drug-likeness (QED) is 0.137. The van der Waals surface area contributed by atoms with Gasteiger partial charge in [-0.25, -0.2) is 18.2 Å². The maximum absolute atomic E-state index is 14.2. The summed E-state index contributed by atoms with van der Waals surface area (Å²) in [4.78, 5) is 23.3. The Morgan fingerprint density at radius 3 is 2.39 bits per heavy atom. The zero-order valence-corrected chi connectivity index (χ0v) is 23.1. The number of anilines is 6. The van der Waals surface area contributed by atoms with Gasteiger partial charge in [0.2, 0.25) is 11.9 Å². The number of halogens is 8. The standard InChI is InChI=1S/C27H25F8N7O2/c1-4-23(43)37-19-9-20(22(44-25(31)32)10-21(19)42-6-5-13(12-42)41(2)3)39-26-36-11-14(27(33,34)35)24(40-26)38-18-8-16(29)15(28)7-17(18)30/h4,7-11,13,25H,1,5-6,12H2,2-3H3,(H,37,43)(H2,36,38,39,40). The van der Waals surface area contributed by atoms with E-state index in [1.807, 2.05) is 29.2 Å². The molecule has 1 aromatic heterocycles. The van der Waals surface area contributed by atoms with Gasteiger partial charge < -0.3 is 30.5 Å². The molecular formula is C27H25F8N7O2. The number of carbonyl (C=O) groups is 1. The third-order valence-corrected chi connectivity index (χ3v) is 6.60. The lowest BCUT2D eigenvalue weighted by Gasteiger charge is -2.26. The molecule has 1 aliphatic rings. The van der Waals surface area contributed by atoms with Gasteiger partial charge in [0.1, 0.15) is 17.2 Å². The Morgan fingerprint density at radius 1 is 1.07 bits per heavy atom. The molecule has 2 heterocycles. The van der Waals surface area contributed by atoms with E-state index in [0.717, 1.165) is 12.5 Å². The monoisotopic (exact) mass is 631 g/mol. The second-order valence-corrected chi connectivity index (χ2v) is 9.74. The minimum absolute atomic E-state index is 0.112. The number of ether oxygens (including phenoxy) is 1. The van der Waals surface area contributed by atoms with Crippen molar-refractivity contribution in [3.05, 3.63) is 66.1 Å². The summed E-state index contributed by atoms with van der Waals surface area (Å²) in [5.74, 6) is -7.35. The molecule has 0 spiro atoms. The first kappa shape index (κ1) is 32.2. The second-order valence-electron chi connectivity index (χ2n) is 9.74. The molecule has 3 N–H and O–H groups in total. The molecule has 0 saturated carbocycles. The van der Waals surface area contributed by atoms with Crippen LogP contribution >= 0.6 is 0 Å². The Kier molecular flexibility index (Phi) is 9.46. The van der Waals surface area contributed by atoms with E-state index in [2.05, 4.69) is 31.9 Å². The first-order valence-electron chi connectivity index (χ1n) is 12.8. The van der Waals surface area contributed by atoms with E-state index in [-0.39, 0.29) is 23.5 Å². The average molecular weight is 632 g/mol. The van der Waals surface area contributed by atoms with Crippen LogP contribution in [0.25, 0.3) is 0 Å². The topological polar surface area (TPSA) is 94.6 Å². The first-order valence-corrected chi connectivity index (χ1v) is 12.8. The van der Waals surface area contributed by atoms with Gasteiger partial charge in [-0.05, 0) is 32.7 Å². The lowest BCUT2D eigenvalue weighted by molar-refractivity contribution is -0.137. The van der Waals surface area contributed by atoms with Gasteiger partial charge in [0, 0.05) is 43.5 Å². The van der Waals surface area contributed by atoms with E-state index in [1.165, 1.54) is 12.1 Å². The number of carbonyl (C=O) groups excluding carboxylic acids is 1. The molecule has 1 saturated heterocycles. The number of amides is 1. The molecule has 1 atom stereocenters. The Morgan fingerprint density at radius 2 is 1.77 bits per heavy atom. The van der Waals surface area contributed by atoms with Crippen molar-refractivity contribution >= 4 is 40.4 Å². The average Bonchev–Trinajstić information content (AvgIpc) is 3.43. The third kappa shape index (κ3) is 7.45. The predicted octanol–water partition coefficient (Wildman–Crippen LogP) is 6.27. The Balaban J connectivity index is 1.78. The number of nitrogens with one attached hydrogen (secondary N) is 3. The molecule has 1 amide bonds. The number of hydrogen-bond acceptors (Lipinski definition) is 8. The molecule has 44 heavy (non-hydrogen) atoms. The smallest absolute Gasteiger partial charge is 0.421 e. The fraction of sp³-hybridized carbons (Fsp3) is 0.296. The summed E-state index contributed by atoms with van der Waals surface area (Å²) < 4.78 is 114. The molecule has 0 aliphatic carbocycles. The molecule has 1 unspecified atom stereocenters. The van der Waals surface area contributed by atoms with Crippen LogP contribution in [0.1, 0.15) is 12.0 Å². The zero-order chi connectivity index (χ0) is 32.3. The number of aromatic nitrogens is 2. The fourth-order valence-corrected chi connectivity index (χ4v) is 4.40. The van der Waals surface area contributed by atoms with Crippen LogP contribution in [-0.4, -0.2) is 60.6 Å². The number of hydrogen-bond donors (Lipinski definition) is 3. The molecule has 0 bridgehead atoms. The van der Waals surface area contributed by atoms with Crippen LogP contribution in [0, 0.1) is 17.5 Å². The molecule has 236 valence electrons. The fourth-order valence-electron chi connectivity index (χ4n) is 4.40. The Hall–Kier alpha value is -4.67. The number of benzene rings is 2. The zero-order valence-electron chi connectivity index (χ0n) is 23.1. The first-order chi connectivity index (χ1) is 20.7. The molecule has 1 fully saturated rings. The van der Waals surface area contributed by atoms with Crippen molar-refractivity contribution in [2.24, 2.45) is 0 Å². The summed E-state index contributed by atoms with van der Waals surface area (Å²) in [6.07, 6.45) is -3.07. The summed E-state index contributed by atoms with van der Waals surface area (Å²) in [5.41, 5.74) is -2.24. The van der Waals surface area contributed by atoms with E-state index in [4.69, 9.17) is 0 Å². The summed E-state index contributed by atoms with van der Waals surface area (Å²) in [5, 5.41) is 7.02. The number of rotatable bonds is 10. The van der Waals surface area contributed by atoms with E-state index >= 15 is 0 Å². The van der Waals surface area contributed by atoms with Crippen molar-refractivity contribution in [2.75, 3.05) is 48.0 Å². The van der Waals surface area contributed by atoms with Crippen LogP contribution in [0.3, 0.4) is 0 Å². The van der Waals surface area contributed by atoms with Crippen molar-refractivity contribution in [1.29, 1.82) is 0 Å². The van der Waals surface area contributed by atoms with Crippen molar-refractivity contribution in [1.82, 2.24) is 14.9 Å². The number of alkyl halides is 5. The van der Waals surface area contributed by atoms with Gasteiger partial charge >= 0.3 is 12.8 Å². The summed E-state index contributed by atoms with van der Waals surface area (Å²) in [7, 11) is 3.75. The normalized spacial score (nSPS) is 15.1. The van der Waals surface area contributed by atoms with Crippen LogP contribution in [-0.2, 0) is 11.0 Å². The molecule has 3 aromatic rings. The molecule has 17 heteroatoms. The van der Waals surface area contributed by atoms with E-state index in [1.54, 1.807) is 0 Å². The van der Waals surface area contributed by atoms with Crippen LogP contribution in [0.4, 0.5) is 69.6 Å². The van der Waals surface area contributed by atoms with E-state index in [0.29, 0.717) is 31.0 Å². The molecule has 4 rings (SSSR count). The van der Waals surface area contributed by atoms with Gasteiger partial charge in [-0.1, -0.05) is 6.58 Å². The van der Waals surface area contributed by atoms with Gasteiger partial charge in [0.15, 0.2) is 17.4 Å². The van der Waals surface area contributed by atoms with E-state index < -0.39 is 64.9 Å². The summed E-state index contributed by atoms with van der Waals surface area (Å²) in [6, 6.07) is 2.94. The number of nitrogens with zero attached hydrogens (tertiary/aromatic N) is 4. The largest absolute Gasteiger partial charge is 0.433 e. The van der Waals surface area contributed by atoms with Crippen molar-refractivity contribution in [3.8, 4) is 5.75 Å². The highest BCUT2D eigenvalue weighted by Gasteiger charge is 2.36. The minimum Gasteiger partial charge on any atom is -0.433 e. The van der Waals surface area contributed by atoms with Gasteiger partial charge in [0.25, 0.3) is 0 Å². The van der Waals surface area contributed by atoms with Crippen molar-refractivity contribution in [2.45, 2.75) is 25.3 Å². The second kappa shape index (κ2) is 12.9. The van der Waals surface area contributed by atoms with Crippen molar-refractivity contribution in [3.63, 3.8) is 0 Å². The SMILES string of the molecule is C=CC(=O)Nc1cc(Nc2ncc(C(F)(F)F)c(Nc3cc(F)c(F)cc3F)n2)c(OC(F)F)cc1N1CCC(N(C)C)C1. The molecule has 0 radical (unpaired) electrons. The maximum Gasteiger partial charge on any atom is 0.421 e. The molecular weight excluding hydrogens is 606 g/mol.